The molecule has 1 aliphatic rings. The van der Waals surface area contributed by atoms with E-state index in [0.717, 1.165) is 17.4 Å². The first-order valence-corrected chi connectivity index (χ1v) is 11.0. The van der Waals surface area contributed by atoms with Crippen LogP contribution in [-0.2, 0) is 25.4 Å². The third-order valence-electron chi connectivity index (χ3n) is 6.04. The third kappa shape index (κ3) is 4.02. The standard InChI is InChI=1S/C21H23Cl2N5O4/c1-26-16-17(25-20(26)24-13-5-3-4-12(9-13)19(30)31)27(2)21(32)28(18(16)29)10-11-6-7-14(22)15(23)8-11/h6-8,12-13H,3-5,9-10H2,1-2H3,(H,24,25)(H,30,31)/t12-,13-/m0/s1. The van der Waals surface area contributed by atoms with Crippen LogP contribution in [-0.4, -0.2) is 35.8 Å². The van der Waals surface area contributed by atoms with Gasteiger partial charge >= 0.3 is 11.7 Å². The molecule has 2 aromatic heterocycles. The summed E-state index contributed by atoms with van der Waals surface area (Å²) in [6.45, 7) is 0.0369. The van der Waals surface area contributed by atoms with Crippen molar-refractivity contribution in [2.75, 3.05) is 5.32 Å². The Labute approximate surface area is 193 Å². The van der Waals surface area contributed by atoms with Crippen molar-refractivity contribution in [1.82, 2.24) is 18.7 Å². The number of hydrogen-bond donors (Lipinski definition) is 2. The lowest BCUT2D eigenvalue weighted by atomic mass is 9.86. The summed E-state index contributed by atoms with van der Waals surface area (Å²) in [4.78, 5) is 42.0. The van der Waals surface area contributed by atoms with Gasteiger partial charge in [0, 0.05) is 20.1 Å². The number of carboxylic acids is 1. The second-order valence-electron chi connectivity index (χ2n) is 8.19. The fourth-order valence-corrected chi connectivity index (χ4v) is 4.58. The molecule has 0 amide bonds. The quantitative estimate of drug-likeness (QED) is 0.581. The SMILES string of the molecule is Cn1c(N[C@H]2CCC[C@H](C(=O)O)C2)nc2c1c(=O)n(Cc1ccc(Cl)c(Cl)c1)c(=O)n2C. The molecule has 0 spiro atoms. The van der Waals surface area contributed by atoms with E-state index in [0.29, 0.717) is 34.4 Å². The number of hydrogen-bond acceptors (Lipinski definition) is 5. The number of aromatic nitrogens is 4. The highest BCUT2D eigenvalue weighted by molar-refractivity contribution is 6.42. The average Bonchev–Trinajstić information content (AvgIpc) is 3.08. The van der Waals surface area contributed by atoms with Crippen molar-refractivity contribution in [1.29, 1.82) is 0 Å². The van der Waals surface area contributed by atoms with E-state index in [1.807, 2.05) is 0 Å². The molecule has 1 saturated carbocycles. The molecule has 0 bridgehead atoms. The minimum atomic E-state index is -0.797. The first-order chi connectivity index (χ1) is 15.2. The van der Waals surface area contributed by atoms with Crippen LogP contribution in [0.15, 0.2) is 27.8 Å². The van der Waals surface area contributed by atoms with Gasteiger partial charge in [-0.3, -0.25) is 18.7 Å². The summed E-state index contributed by atoms with van der Waals surface area (Å²) < 4.78 is 4.08. The van der Waals surface area contributed by atoms with E-state index in [1.54, 1.807) is 36.9 Å². The van der Waals surface area contributed by atoms with Crippen molar-refractivity contribution in [3.63, 3.8) is 0 Å². The summed E-state index contributed by atoms with van der Waals surface area (Å²) in [7, 11) is 3.26. The van der Waals surface area contributed by atoms with E-state index >= 15 is 0 Å². The number of carboxylic acid groups (broad SMARTS) is 1. The largest absolute Gasteiger partial charge is 0.481 e. The van der Waals surface area contributed by atoms with Crippen molar-refractivity contribution in [3.05, 3.63) is 54.6 Å². The van der Waals surface area contributed by atoms with E-state index in [4.69, 9.17) is 23.2 Å². The molecule has 0 aliphatic heterocycles. The van der Waals surface area contributed by atoms with E-state index in [1.165, 1.54) is 4.57 Å². The molecule has 9 nitrogen and oxygen atoms in total. The van der Waals surface area contributed by atoms with Crippen LogP contribution >= 0.6 is 23.2 Å². The van der Waals surface area contributed by atoms with Crippen LogP contribution in [0.5, 0.6) is 0 Å². The summed E-state index contributed by atoms with van der Waals surface area (Å²) in [6.07, 6.45) is 2.75. The molecule has 0 saturated heterocycles. The first kappa shape index (κ1) is 22.4. The van der Waals surface area contributed by atoms with Gasteiger partial charge in [0.25, 0.3) is 5.56 Å². The zero-order chi connectivity index (χ0) is 23.2. The topological polar surface area (TPSA) is 111 Å². The number of aliphatic carboxylic acids is 1. The summed E-state index contributed by atoms with van der Waals surface area (Å²) in [6, 6.07) is 4.88. The van der Waals surface area contributed by atoms with Gasteiger partial charge in [0.05, 0.1) is 22.5 Å². The van der Waals surface area contributed by atoms with Gasteiger partial charge in [-0.2, -0.15) is 4.98 Å². The smallest absolute Gasteiger partial charge is 0.332 e. The molecule has 4 rings (SSSR count). The molecule has 2 heterocycles. The van der Waals surface area contributed by atoms with Crippen molar-refractivity contribution in [3.8, 4) is 0 Å². The Morgan fingerprint density at radius 2 is 1.94 bits per heavy atom. The molecule has 1 aromatic carbocycles. The predicted molar refractivity (Wildman–Crippen MR) is 123 cm³/mol. The van der Waals surface area contributed by atoms with E-state index < -0.39 is 23.1 Å². The molecule has 1 fully saturated rings. The Hall–Kier alpha value is -2.78. The minimum absolute atomic E-state index is 0.0369. The molecule has 3 aromatic rings. The van der Waals surface area contributed by atoms with Crippen LogP contribution in [0.3, 0.4) is 0 Å². The molecule has 170 valence electrons. The van der Waals surface area contributed by atoms with Gasteiger partial charge < -0.3 is 15.0 Å². The highest BCUT2D eigenvalue weighted by Crippen LogP contribution is 2.27. The Balaban J connectivity index is 1.72. The lowest BCUT2D eigenvalue weighted by Gasteiger charge is -2.27. The van der Waals surface area contributed by atoms with Gasteiger partial charge in [-0.1, -0.05) is 35.7 Å². The van der Waals surface area contributed by atoms with Crippen LogP contribution in [0.4, 0.5) is 5.95 Å². The molecule has 0 radical (unpaired) electrons. The molecule has 1 aliphatic carbocycles. The summed E-state index contributed by atoms with van der Waals surface area (Å²) in [5, 5.41) is 13.3. The number of fused-ring (bicyclic) bond motifs is 1. The maximum atomic E-state index is 13.2. The zero-order valence-corrected chi connectivity index (χ0v) is 19.2. The van der Waals surface area contributed by atoms with Crippen LogP contribution in [0, 0.1) is 5.92 Å². The van der Waals surface area contributed by atoms with Crippen LogP contribution in [0.25, 0.3) is 11.2 Å². The van der Waals surface area contributed by atoms with Gasteiger partial charge in [-0.15, -0.1) is 0 Å². The number of benzene rings is 1. The molecular formula is C21H23Cl2N5O4. The lowest BCUT2D eigenvalue weighted by molar-refractivity contribution is -0.142. The number of imidazole rings is 1. The number of carbonyl (C=O) groups is 1. The molecule has 0 unspecified atom stereocenters. The average molecular weight is 480 g/mol. The van der Waals surface area contributed by atoms with Crippen molar-refractivity contribution in [2.24, 2.45) is 20.0 Å². The summed E-state index contributed by atoms with van der Waals surface area (Å²) in [5.74, 6) is -0.770. The highest BCUT2D eigenvalue weighted by Gasteiger charge is 2.28. The third-order valence-corrected chi connectivity index (χ3v) is 6.78. The molecule has 2 atom stereocenters. The molecule has 2 N–H and O–H groups in total. The van der Waals surface area contributed by atoms with Gasteiger partial charge in [-0.25, -0.2) is 4.79 Å². The lowest BCUT2D eigenvalue weighted by Crippen LogP contribution is -2.39. The minimum Gasteiger partial charge on any atom is -0.481 e. The fraction of sp³-hybridized carbons (Fsp3) is 0.429. The highest BCUT2D eigenvalue weighted by atomic mass is 35.5. The van der Waals surface area contributed by atoms with E-state index in [9.17, 15) is 19.5 Å². The Morgan fingerprint density at radius 1 is 1.19 bits per heavy atom. The van der Waals surface area contributed by atoms with Crippen molar-refractivity contribution >= 4 is 46.3 Å². The van der Waals surface area contributed by atoms with Crippen LogP contribution in [0.2, 0.25) is 10.0 Å². The monoisotopic (exact) mass is 479 g/mol. The van der Waals surface area contributed by atoms with E-state index in [-0.39, 0.29) is 23.8 Å². The number of rotatable bonds is 5. The van der Waals surface area contributed by atoms with Crippen LogP contribution in [0.1, 0.15) is 31.2 Å². The molecular weight excluding hydrogens is 457 g/mol. The number of halogens is 2. The fourth-order valence-electron chi connectivity index (χ4n) is 4.26. The summed E-state index contributed by atoms with van der Waals surface area (Å²) in [5.41, 5.74) is 0.243. The second kappa shape index (κ2) is 8.63. The van der Waals surface area contributed by atoms with Crippen molar-refractivity contribution in [2.45, 2.75) is 38.3 Å². The predicted octanol–water partition coefficient (Wildman–Crippen LogP) is 2.84. The Morgan fingerprint density at radius 3 is 2.62 bits per heavy atom. The van der Waals surface area contributed by atoms with Gasteiger partial charge in [-0.05, 0) is 37.0 Å². The normalized spacial score (nSPS) is 18.8. The first-order valence-electron chi connectivity index (χ1n) is 10.3. The number of aryl methyl sites for hydroxylation is 2. The maximum absolute atomic E-state index is 13.2. The number of anilines is 1. The molecule has 11 heteroatoms. The van der Waals surface area contributed by atoms with Crippen LogP contribution < -0.4 is 16.6 Å². The van der Waals surface area contributed by atoms with Crippen molar-refractivity contribution < 1.29 is 9.90 Å². The zero-order valence-electron chi connectivity index (χ0n) is 17.6. The van der Waals surface area contributed by atoms with Gasteiger partial charge in [0.15, 0.2) is 11.2 Å². The number of nitrogens with zero attached hydrogens (tertiary/aromatic N) is 4. The maximum Gasteiger partial charge on any atom is 0.332 e. The van der Waals surface area contributed by atoms with E-state index in [2.05, 4.69) is 10.3 Å². The van der Waals surface area contributed by atoms with Gasteiger partial charge in [0.1, 0.15) is 0 Å². The molecule has 32 heavy (non-hydrogen) atoms. The number of nitrogens with one attached hydrogen (secondary N) is 1. The van der Waals surface area contributed by atoms with Gasteiger partial charge in [0.2, 0.25) is 5.95 Å². The Kier molecular flexibility index (Phi) is 6.05. The second-order valence-corrected chi connectivity index (χ2v) is 9.01. The Bertz CT molecular complexity index is 1330. The summed E-state index contributed by atoms with van der Waals surface area (Å²) >= 11 is 12.0.